The fraction of sp³-hybridized carbons (Fsp3) is 0.444. The minimum Gasteiger partial charge on any atom is -0.360 e. The maximum atomic E-state index is 12.7. The summed E-state index contributed by atoms with van der Waals surface area (Å²) >= 11 is 0. The average molecular weight is 313 g/mol. The van der Waals surface area contributed by atoms with Gasteiger partial charge in [0.05, 0.1) is 12.2 Å². The Morgan fingerprint density at radius 3 is 2.57 bits per heavy atom. The molecule has 2 heterocycles. The standard InChI is InChI=1S/C18H23N3O2/c1-13-5-4-6-17(15(13)3)18(22)21-9-7-20(8-10-21)12-16-11-14(2)19-23-16/h4-6,11H,7-10,12H2,1-3H3. The highest BCUT2D eigenvalue weighted by atomic mass is 16.5. The highest BCUT2D eigenvalue weighted by Gasteiger charge is 2.24. The Kier molecular flexibility index (Phi) is 4.48. The number of carbonyl (C=O) groups is 1. The van der Waals surface area contributed by atoms with Crippen molar-refractivity contribution >= 4 is 5.91 Å². The van der Waals surface area contributed by atoms with Crippen LogP contribution in [-0.2, 0) is 6.54 Å². The highest BCUT2D eigenvalue weighted by molar-refractivity contribution is 5.96. The number of benzene rings is 1. The van der Waals surface area contributed by atoms with E-state index in [1.807, 2.05) is 49.9 Å². The minimum atomic E-state index is 0.140. The van der Waals surface area contributed by atoms with Gasteiger partial charge in [-0.1, -0.05) is 17.3 Å². The molecule has 1 amide bonds. The lowest BCUT2D eigenvalue weighted by Crippen LogP contribution is -2.48. The van der Waals surface area contributed by atoms with Crippen molar-refractivity contribution in [3.63, 3.8) is 0 Å². The van der Waals surface area contributed by atoms with Gasteiger partial charge in [0.15, 0.2) is 5.76 Å². The van der Waals surface area contributed by atoms with Crippen LogP contribution in [0.2, 0.25) is 0 Å². The highest BCUT2D eigenvalue weighted by Crippen LogP contribution is 2.17. The number of carbonyl (C=O) groups excluding carboxylic acids is 1. The summed E-state index contributed by atoms with van der Waals surface area (Å²) in [6.45, 7) is 9.96. The molecular formula is C18H23N3O2. The fourth-order valence-electron chi connectivity index (χ4n) is 2.97. The molecule has 1 aliphatic rings. The largest absolute Gasteiger partial charge is 0.360 e. The molecule has 5 nitrogen and oxygen atoms in total. The van der Waals surface area contributed by atoms with E-state index in [2.05, 4.69) is 10.1 Å². The average Bonchev–Trinajstić information content (AvgIpc) is 2.95. The monoisotopic (exact) mass is 313 g/mol. The molecule has 0 spiro atoms. The lowest BCUT2D eigenvalue weighted by atomic mass is 10.0. The Bertz CT molecular complexity index is 700. The van der Waals surface area contributed by atoms with Crippen LogP contribution < -0.4 is 0 Å². The van der Waals surface area contributed by atoms with E-state index in [-0.39, 0.29) is 5.91 Å². The predicted octanol–water partition coefficient (Wildman–Crippen LogP) is 2.56. The van der Waals surface area contributed by atoms with Crippen LogP contribution >= 0.6 is 0 Å². The Labute approximate surface area is 136 Å². The van der Waals surface area contributed by atoms with Gasteiger partial charge in [-0.05, 0) is 38.0 Å². The number of hydrogen-bond acceptors (Lipinski definition) is 4. The first kappa shape index (κ1) is 15.7. The first-order valence-corrected chi connectivity index (χ1v) is 8.04. The van der Waals surface area contributed by atoms with Crippen LogP contribution in [0, 0.1) is 20.8 Å². The smallest absolute Gasteiger partial charge is 0.254 e. The molecule has 2 aromatic rings. The molecule has 3 rings (SSSR count). The molecule has 23 heavy (non-hydrogen) atoms. The van der Waals surface area contributed by atoms with Crippen molar-refractivity contribution in [3.05, 3.63) is 52.4 Å². The van der Waals surface area contributed by atoms with Crippen LogP contribution in [0.15, 0.2) is 28.8 Å². The Morgan fingerprint density at radius 1 is 1.17 bits per heavy atom. The summed E-state index contributed by atoms with van der Waals surface area (Å²) in [6, 6.07) is 7.89. The summed E-state index contributed by atoms with van der Waals surface area (Å²) in [5, 5.41) is 3.92. The molecule has 1 aromatic carbocycles. The van der Waals surface area contributed by atoms with Crippen LogP contribution in [-0.4, -0.2) is 47.0 Å². The summed E-state index contributed by atoms with van der Waals surface area (Å²) in [6.07, 6.45) is 0. The van der Waals surface area contributed by atoms with E-state index < -0.39 is 0 Å². The minimum absolute atomic E-state index is 0.140. The number of aromatic nitrogens is 1. The number of hydrogen-bond donors (Lipinski definition) is 0. The van der Waals surface area contributed by atoms with E-state index in [1.54, 1.807) is 0 Å². The van der Waals surface area contributed by atoms with Crippen molar-refractivity contribution in [3.8, 4) is 0 Å². The summed E-state index contributed by atoms with van der Waals surface area (Å²) in [5.74, 6) is 1.03. The Balaban J connectivity index is 1.60. The lowest BCUT2D eigenvalue weighted by Gasteiger charge is -2.34. The molecule has 0 atom stereocenters. The van der Waals surface area contributed by atoms with Crippen molar-refractivity contribution in [2.45, 2.75) is 27.3 Å². The second-order valence-corrected chi connectivity index (χ2v) is 6.25. The van der Waals surface area contributed by atoms with Gasteiger partial charge >= 0.3 is 0 Å². The first-order valence-electron chi connectivity index (χ1n) is 8.04. The van der Waals surface area contributed by atoms with Crippen LogP contribution in [0.5, 0.6) is 0 Å². The van der Waals surface area contributed by atoms with Gasteiger partial charge in [0.2, 0.25) is 0 Å². The Hall–Kier alpha value is -2.14. The van der Waals surface area contributed by atoms with Crippen molar-refractivity contribution in [2.24, 2.45) is 0 Å². The van der Waals surface area contributed by atoms with Crippen molar-refractivity contribution in [1.29, 1.82) is 0 Å². The zero-order valence-electron chi connectivity index (χ0n) is 14.0. The molecule has 1 aromatic heterocycles. The van der Waals surface area contributed by atoms with Gasteiger partial charge in [-0.15, -0.1) is 0 Å². The Morgan fingerprint density at radius 2 is 1.91 bits per heavy atom. The first-order chi connectivity index (χ1) is 11.0. The van der Waals surface area contributed by atoms with Gasteiger partial charge in [0.25, 0.3) is 5.91 Å². The van der Waals surface area contributed by atoms with Crippen LogP contribution in [0.3, 0.4) is 0 Å². The topological polar surface area (TPSA) is 49.6 Å². The summed E-state index contributed by atoms with van der Waals surface area (Å²) in [5.41, 5.74) is 3.97. The number of piperazine rings is 1. The van der Waals surface area contributed by atoms with E-state index in [9.17, 15) is 4.79 Å². The molecule has 122 valence electrons. The van der Waals surface area contributed by atoms with E-state index in [0.717, 1.165) is 60.9 Å². The molecule has 0 aliphatic carbocycles. The molecule has 0 N–H and O–H groups in total. The third-order valence-corrected chi connectivity index (χ3v) is 4.55. The number of aryl methyl sites for hydroxylation is 2. The molecule has 0 saturated carbocycles. The fourth-order valence-corrected chi connectivity index (χ4v) is 2.97. The molecule has 1 aliphatic heterocycles. The molecular weight excluding hydrogens is 290 g/mol. The molecule has 1 fully saturated rings. The zero-order valence-corrected chi connectivity index (χ0v) is 14.0. The van der Waals surface area contributed by atoms with Crippen LogP contribution in [0.1, 0.15) is 32.9 Å². The van der Waals surface area contributed by atoms with E-state index in [0.29, 0.717) is 0 Å². The van der Waals surface area contributed by atoms with Gasteiger partial charge in [0.1, 0.15) is 0 Å². The second-order valence-electron chi connectivity index (χ2n) is 6.25. The van der Waals surface area contributed by atoms with Gasteiger partial charge in [-0.3, -0.25) is 9.69 Å². The number of rotatable bonds is 3. The normalized spacial score (nSPS) is 15.9. The number of nitrogens with zero attached hydrogens (tertiary/aromatic N) is 3. The van der Waals surface area contributed by atoms with Gasteiger partial charge in [-0.2, -0.15) is 0 Å². The third-order valence-electron chi connectivity index (χ3n) is 4.55. The third kappa shape index (κ3) is 3.45. The second kappa shape index (κ2) is 6.54. The quantitative estimate of drug-likeness (QED) is 0.874. The molecule has 0 radical (unpaired) electrons. The molecule has 0 bridgehead atoms. The summed E-state index contributed by atoms with van der Waals surface area (Å²) in [7, 11) is 0. The van der Waals surface area contributed by atoms with Crippen molar-refractivity contribution in [1.82, 2.24) is 15.0 Å². The van der Waals surface area contributed by atoms with Crippen molar-refractivity contribution < 1.29 is 9.32 Å². The van der Waals surface area contributed by atoms with Gasteiger partial charge < -0.3 is 9.42 Å². The van der Waals surface area contributed by atoms with Gasteiger partial charge in [0, 0.05) is 37.8 Å². The summed E-state index contributed by atoms with van der Waals surface area (Å²) < 4.78 is 5.27. The van der Waals surface area contributed by atoms with E-state index in [4.69, 9.17) is 4.52 Å². The van der Waals surface area contributed by atoms with Crippen LogP contribution in [0.25, 0.3) is 0 Å². The van der Waals surface area contributed by atoms with E-state index in [1.165, 1.54) is 0 Å². The maximum absolute atomic E-state index is 12.7. The SMILES string of the molecule is Cc1cc(CN2CCN(C(=O)c3cccc(C)c3C)CC2)on1. The molecule has 0 unspecified atom stereocenters. The molecule has 1 saturated heterocycles. The maximum Gasteiger partial charge on any atom is 0.254 e. The lowest BCUT2D eigenvalue weighted by molar-refractivity contribution is 0.0616. The number of amides is 1. The summed E-state index contributed by atoms with van der Waals surface area (Å²) in [4.78, 5) is 17.0. The zero-order chi connectivity index (χ0) is 16.4. The van der Waals surface area contributed by atoms with Crippen LogP contribution in [0.4, 0.5) is 0 Å². The van der Waals surface area contributed by atoms with Crippen molar-refractivity contribution in [2.75, 3.05) is 26.2 Å². The van der Waals surface area contributed by atoms with Gasteiger partial charge in [-0.25, -0.2) is 0 Å². The predicted molar refractivity (Wildman–Crippen MR) is 88.3 cm³/mol. The van der Waals surface area contributed by atoms with E-state index >= 15 is 0 Å². The molecule has 5 heteroatoms.